The van der Waals surface area contributed by atoms with Crippen molar-refractivity contribution in [3.8, 4) is 5.75 Å². The molecule has 0 spiro atoms. The van der Waals surface area contributed by atoms with Gasteiger partial charge in [0.2, 0.25) is 5.79 Å². The van der Waals surface area contributed by atoms with Gasteiger partial charge in [0.1, 0.15) is 5.75 Å². The van der Waals surface area contributed by atoms with E-state index in [1.807, 2.05) is 44.2 Å². The van der Waals surface area contributed by atoms with E-state index in [-0.39, 0.29) is 5.92 Å². The summed E-state index contributed by atoms with van der Waals surface area (Å²) in [5.41, 5.74) is 1.08. The van der Waals surface area contributed by atoms with Gasteiger partial charge in [0.25, 0.3) is 0 Å². The highest BCUT2D eigenvalue weighted by atomic mass is 16.7. The van der Waals surface area contributed by atoms with Crippen LogP contribution in [-0.4, -0.2) is 12.4 Å². The van der Waals surface area contributed by atoms with E-state index >= 15 is 0 Å². The molecular formula is C15H22O2. The Bertz CT molecular complexity index is 354. The standard InChI is InChI=1S/C15H22O2/c1-6-13-8-10-14(11-9-13)17-15(5,12(3)4)16-7-2/h6,8-12H,1,7H2,2-5H3. The predicted molar refractivity (Wildman–Crippen MR) is 72.0 cm³/mol. The van der Waals surface area contributed by atoms with Gasteiger partial charge in [-0.25, -0.2) is 0 Å². The molecule has 1 aromatic carbocycles. The van der Waals surface area contributed by atoms with Crippen molar-refractivity contribution in [1.29, 1.82) is 0 Å². The molecule has 1 atom stereocenters. The topological polar surface area (TPSA) is 18.5 Å². The van der Waals surface area contributed by atoms with Gasteiger partial charge in [-0.15, -0.1) is 0 Å². The number of benzene rings is 1. The fourth-order valence-corrected chi connectivity index (χ4v) is 1.51. The van der Waals surface area contributed by atoms with Crippen LogP contribution in [-0.2, 0) is 4.74 Å². The third-order valence-corrected chi connectivity index (χ3v) is 2.92. The highest BCUT2D eigenvalue weighted by Crippen LogP contribution is 2.26. The zero-order valence-corrected chi connectivity index (χ0v) is 11.2. The normalized spacial score (nSPS) is 14.4. The van der Waals surface area contributed by atoms with E-state index in [9.17, 15) is 0 Å². The van der Waals surface area contributed by atoms with Gasteiger partial charge < -0.3 is 9.47 Å². The van der Waals surface area contributed by atoms with Gasteiger partial charge in [0.15, 0.2) is 0 Å². The third kappa shape index (κ3) is 3.60. The number of rotatable bonds is 6. The Labute approximate surface area is 104 Å². The highest BCUT2D eigenvalue weighted by Gasteiger charge is 2.31. The van der Waals surface area contributed by atoms with Crippen molar-refractivity contribution >= 4 is 6.08 Å². The van der Waals surface area contributed by atoms with E-state index in [2.05, 4.69) is 20.4 Å². The number of hydrogen-bond donors (Lipinski definition) is 0. The molecule has 94 valence electrons. The molecule has 0 fully saturated rings. The Morgan fingerprint density at radius 3 is 2.29 bits per heavy atom. The first-order chi connectivity index (χ1) is 8.01. The minimum Gasteiger partial charge on any atom is -0.462 e. The van der Waals surface area contributed by atoms with Gasteiger partial charge in [-0.1, -0.05) is 38.6 Å². The van der Waals surface area contributed by atoms with E-state index in [1.54, 1.807) is 0 Å². The summed E-state index contributed by atoms with van der Waals surface area (Å²) in [7, 11) is 0. The summed E-state index contributed by atoms with van der Waals surface area (Å²) in [6, 6.07) is 7.84. The SMILES string of the molecule is C=Cc1ccc(OC(C)(OCC)C(C)C)cc1. The lowest BCUT2D eigenvalue weighted by molar-refractivity contribution is -0.194. The van der Waals surface area contributed by atoms with Crippen LogP contribution in [0.4, 0.5) is 0 Å². The van der Waals surface area contributed by atoms with Crippen molar-refractivity contribution < 1.29 is 9.47 Å². The molecule has 17 heavy (non-hydrogen) atoms. The molecule has 0 aliphatic carbocycles. The summed E-state index contributed by atoms with van der Waals surface area (Å²) in [5, 5.41) is 0. The van der Waals surface area contributed by atoms with E-state index in [0.29, 0.717) is 6.61 Å². The van der Waals surface area contributed by atoms with Crippen LogP contribution in [0, 0.1) is 5.92 Å². The quantitative estimate of drug-likeness (QED) is 0.689. The number of hydrogen-bond acceptors (Lipinski definition) is 2. The Hall–Kier alpha value is -1.28. The predicted octanol–water partition coefficient (Wildman–Crippen LogP) is 4.12. The second kappa shape index (κ2) is 5.87. The van der Waals surface area contributed by atoms with Crippen molar-refractivity contribution in [3.05, 3.63) is 36.4 Å². The van der Waals surface area contributed by atoms with Crippen LogP contribution in [0.2, 0.25) is 0 Å². The zero-order valence-electron chi connectivity index (χ0n) is 11.2. The van der Waals surface area contributed by atoms with Crippen LogP contribution in [0.1, 0.15) is 33.3 Å². The monoisotopic (exact) mass is 234 g/mol. The fourth-order valence-electron chi connectivity index (χ4n) is 1.51. The lowest BCUT2D eigenvalue weighted by Crippen LogP contribution is -2.41. The van der Waals surface area contributed by atoms with E-state index in [4.69, 9.17) is 9.47 Å². The first-order valence-electron chi connectivity index (χ1n) is 6.07. The van der Waals surface area contributed by atoms with Crippen LogP contribution < -0.4 is 4.74 Å². The van der Waals surface area contributed by atoms with Gasteiger partial charge >= 0.3 is 0 Å². The van der Waals surface area contributed by atoms with Crippen LogP contribution in [0.15, 0.2) is 30.8 Å². The van der Waals surface area contributed by atoms with Crippen LogP contribution in [0.5, 0.6) is 5.75 Å². The molecule has 1 aromatic rings. The van der Waals surface area contributed by atoms with Crippen molar-refractivity contribution in [3.63, 3.8) is 0 Å². The Balaban J connectivity index is 2.82. The van der Waals surface area contributed by atoms with E-state index in [1.165, 1.54) is 0 Å². The second-order valence-electron chi connectivity index (χ2n) is 4.48. The molecule has 0 bridgehead atoms. The van der Waals surface area contributed by atoms with E-state index < -0.39 is 5.79 Å². The smallest absolute Gasteiger partial charge is 0.209 e. The molecule has 0 heterocycles. The highest BCUT2D eigenvalue weighted by molar-refractivity contribution is 5.48. The summed E-state index contributed by atoms with van der Waals surface area (Å²) >= 11 is 0. The average Bonchev–Trinajstić information content (AvgIpc) is 2.30. The molecular weight excluding hydrogens is 212 g/mol. The Kier molecular flexibility index (Phi) is 4.76. The molecule has 0 aromatic heterocycles. The Morgan fingerprint density at radius 2 is 1.88 bits per heavy atom. The van der Waals surface area contributed by atoms with Crippen molar-refractivity contribution in [2.75, 3.05) is 6.61 Å². The molecule has 0 saturated carbocycles. The summed E-state index contributed by atoms with van der Waals surface area (Å²) in [6.07, 6.45) is 1.81. The summed E-state index contributed by atoms with van der Waals surface area (Å²) < 4.78 is 11.7. The molecule has 0 saturated heterocycles. The van der Waals surface area contributed by atoms with Gasteiger partial charge in [0, 0.05) is 19.4 Å². The summed E-state index contributed by atoms with van der Waals surface area (Å²) in [6.45, 7) is 12.5. The minimum atomic E-state index is -0.579. The van der Waals surface area contributed by atoms with Gasteiger partial charge in [0.05, 0.1) is 0 Å². The fraction of sp³-hybridized carbons (Fsp3) is 0.467. The second-order valence-corrected chi connectivity index (χ2v) is 4.48. The number of ether oxygens (including phenoxy) is 2. The molecule has 2 nitrogen and oxygen atoms in total. The van der Waals surface area contributed by atoms with Crippen molar-refractivity contribution in [2.24, 2.45) is 5.92 Å². The van der Waals surface area contributed by atoms with Crippen molar-refractivity contribution in [1.82, 2.24) is 0 Å². The average molecular weight is 234 g/mol. The van der Waals surface area contributed by atoms with Gasteiger partial charge in [-0.3, -0.25) is 0 Å². The zero-order chi connectivity index (χ0) is 12.9. The Morgan fingerprint density at radius 1 is 1.29 bits per heavy atom. The molecule has 0 aliphatic rings. The van der Waals surface area contributed by atoms with Crippen molar-refractivity contribution in [2.45, 2.75) is 33.5 Å². The maximum Gasteiger partial charge on any atom is 0.209 e. The largest absolute Gasteiger partial charge is 0.462 e. The molecule has 0 amide bonds. The lowest BCUT2D eigenvalue weighted by atomic mass is 10.0. The molecule has 0 radical (unpaired) electrons. The molecule has 0 aliphatic heterocycles. The summed E-state index contributed by atoms with van der Waals surface area (Å²) in [4.78, 5) is 0. The molecule has 1 unspecified atom stereocenters. The third-order valence-electron chi connectivity index (χ3n) is 2.92. The first kappa shape index (κ1) is 13.8. The van der Waals surface area contributed by atoms with Crippen LogP contribution in [0.25, 0.3) is 6.08 Å². The first-order valence-corrected chi connectivity index (χ1v) is 6.07. The molecule has 0 N–H and O–H groups in total. The summed E-state index contributed by atoms with van der Waals surface area (Å²) in [5.74, 6) is 0.520. The molecule has 1 rings (SSSR count). The molecule has 2 heteroatoms. The lowest BCUT2D eigenvalue weighted by Gasteiger charge is -2.34. The van der Waals surface area contributed by atoms with Gasteiger partial charge in [-0.05, 0) is 24.6 Å². The van der Waals surface area contributed by atoms with Crippen LogP contribution in [0.3, 0.4) is 0 Å². The maximum absolute atomic E-state index is 5.95. The minimum absolute atomic E-state index is 0.279. The van der Waals surface area contributed by atoms with Gasteiger partial charge in [-0.2, -0.15) is 0 Å². The van der Waals surface area contributed by atoms with E-state index in [0.717, 1.165) is 11.3 Å². The van der Waals surface area contributed by atoms with Crippen LogP contribution >= 0.6 is 0 Å². The maximum atomic E-state index is 5.95.